The summed E-state index contributed by atoms with van der Waals surface area (Å²) in [4.78, 5) is 25.0. The largest absolute Gasteiger partial charge is 0.491 e. The van der Waals surface area contributed by atoms with Crippen molar-refractivity contribution in [1.29, 1.82) is 0 Å². The van der Waals surface area contributed by atoms with E-state index in [2.05, 4.69) is 5.32 Å². The summed E-state index contributed by atoms with van der Waals surface area (Å²) in [5, 5.41) is 11.2. The second-order valence-electron chi connectivity index (χ2n) is 15.8. The van der Waals surface area contributed by atoms with Gasteiger partial charge >= 0.3 is 53.7 Å². The molecule has 0 spiro atoms. The molecule has 3 N–H and O–H groups in total. The van der Waals surface area contributed by atoms with E-state index in [1.807, 2.05) is 0 Å². The maximum atomic E-state index is 15.0. The highest BCUT2D eigenvalue weighted by atomic mass is 28.4. The van der Waals surface area contributed by atoms with Gasteiger partial charge in [0.2, 0.25) is 0 Å². The molecule has 0 fully saturated rings. The molecule has 0 bridgehead atoms. The van der Waals surface area contributed by atoms with Crippen LogP contribution >= 0.6 is 0 Å². The van der Waals surface area contributed by atoms with Gasteiger partial charge in [-0.1, -0.05) is 52.3 Å². The van der Waals surface area contributed by atoms with Crippen LogP contribution < -0.4 is 15.5 Å². The quantitative estimate of drug-likeness (QED) is 0.0271. The zero-order valence-corrected chi connectivity index (χ0v) is 36.8. The smallest absolute Gasteiger partial charge is 0.460 e. The Hall–Kier alpha value is -4.47. The zero-order valence-electron chi connectivity index (χ0n) is 35.8. The van der Waals surface area contributed by atoms with Crippen molar-refractivity contribution in [2.75, 3.05) is 18.5 Å². The van der Waals surface area contributed by atoms with Gasteiger partial charge in [-0.2, -0.15) is 74.6 Å². The van der Waals surface area contributed by atoms with Crippen molar-refractivity contribution in [2.45, 2.75) is 126 Å². The Morgan fingerprint density at radius 1 is 0.672 bits per heavy atom. The summed E-state index contributed by atoms with van der Waals surface area (Å²) in [6.07, 6.45) is -13.0. The summed E-state index contributed by atoms with van der Waals surface area (Å²) >= 11 is 0. The van der Waals surface area contributed by atoms with Crippen molar-refractivity contribution in [3.05, 3.63) is 70.8 Å². The topological polar surface area (TPSA) is 106 Å². The predicted molar refractivity (Wildman–Crippen MR) is 201 cm³/mol. The van der Waals surface area contributed by atoms with Crippen molar-refractivity contribution >= 4 is 26.0 Å². The Kier molecular flexibility index (Phi) is 18.1. The number of carbonyl (C=O) groups is 2. The molecule has 2 aromatic rings. The Morgan fingerprint density at radius 2 is 1.15 bits per heavy atom. The van der Waals surface area contributed by atoms with Crippen LogP contribution in [0.25, 0.3) is 0 Å². The first kappa shape index (κ1) is 58.7. The first-order valence-electron chi connectivity index (χ1n) is 19.3. The molecule has 0 saturated heterocycles. The lowest BCUT2D eigenvalue weighted by atomic mass is 9.88. The highest BCUT2D eigenvalue weighted by Crippen LogP contribution is 2.64. The van der Waals surface area contributed by atoms with Crippen molar-refractivity contribution < 1.29 is 112 Å². The number of carbonyl (C=O) groups excluding carboxylic acids is 2. The molecular formula is C39H43F19N2O6Si. The number of hydroxylamine groups is 1. The summed E-state index contributed by atoms with van der Waals surface area (Å²) in [6.45, 7) is 8.29. The van der Waals surface area contributed by atoms with Gasteiger partial charge in [0.25, 0.3) is 5.91 Å². The lowest BCUT2D eigenvalue weighted by Gasteiger charge is -2.44. The van der Waals surface area contributed by atoms with Crippen LogP contribution in [0.3, 0.4) is 0 Å². The van der Waals surface area contributed by atoms with Gasteiger partial charge in [0.05, 0.1) is 12.3 Å². The van der Waals surface area contributed by atoms with E-state index in [1.165, 1.54) is 78.2 Å². The number of anilines is 1. The van der Waals surface area contributed by atoms with Crippen LogP contribution in [-0.4, -0.2) is 86.4 Å². The Labute approximate surface area is 370 Å². The molecule has 2 rings (SSSR count). The molecule has 0 saturated carbocycles. The monoisotopic (exact) mass is 1020 g/mol. The number of amides is 2. The fourth-order valence-electron chi connectivity index (χ4n) is 6.64. The molecule has 0 heterocycles. The Bertz CT molecular complexity index is 2060. The highest BCUT2D eigenvalue weighted by Gasteiger charge is 2.95. The fourth-order valence-corrected chi connectivity index (χ4v) is 11.1. The SMILES string of the molecule is C/C(C(=O)NO)=C(/C)[C@@H](C)[C@H](OC(=O)Nc1ccc(F)cc1F)c1ccc(OCCO[Si](CCC(F)(F)C(F)(F)C(F)(F)C(F)(F)C(F)(F)C(F)(F)C(F)(F)C(F)(F)F)(C(C)C)C(C)C)cc1. The van der Waals surface area contributed by atoms with Gasteiger partial charge < -0.3 is 13.9 Å². The molecule has 2 amide bonds. The third kappa shape index (κ3) is 11.4. The minimum atomic E-state index is -8.73. The number of nitrogens with one attached hydrogen (secondary N) is 2. The van der Waals surface area contributed by atoms with Crippen molar-refractivity contribution in [2.24, 2.45) is 5.92 Å². The Balaban J connectivity index is 2.36. The summed E-state index contributed by atoms with van der Waals surface area (Å²) in [5.41, 5.74) is -0.425. The second kappa shape index (κ2) is 20.6. The lowest BCUT2D eigenvalue weighted by Crippen LogP contribution is -2.74. The van der Waals surface area contributed by atoms with E-state index in [9.17, 15) is 84.2 Å². The molecule has 382 valence electrons. The molecule has 2 atom stereocenters. The van der Waals surface area contributed by atoms with E-state index in [0.29, 0.717) is 6.07 Å². The van der Waals surface area contributed by atoms with E-state index in [4.69, 9.17) is 19.1 Å². The average Bonchev–Trinajstić information content (AvgIpc) is 3.21. The molecule has 0 unspecified atom stereocenters. The summed E-state index contributed by atoms with van der Waals surface area (Å²) in [6, 6.07) is 6.07. The summed E-state index contributed by atoms with van der Waals surface area (Å²) in [7, 11) is -4.08. The number of halogens is 19. The average molecular weight is 1020 g/mol. The first-order valence-corrected chi connectivity index (χ1v) is 21.6. The third-order valence-corrected chi connectivity index (χ3v) is 16.8. The maximum absolute atomic E-state index is 15.0. The first-order chi connectivity index (χ1) is 30.2. The molecule has 67 heavy (non-hydrogen) atoms. The van der Waals surface area contributed by atoms with Crippen molar-refractivity contribution in [3.63, 3.8) is 0 Å². The van der Waals surface area contributed by atoms with E-state index in [-0.39, 0.29) is 22.5 Å². The van der Waals surface area contributed by atoms with Gasteiger partial charge in [-0.25, -0.2) is 19.1 Å². The fraction of sp³-hybridized carbons (Fsp3) is 0.590. The molecule has 0 aliphatic carbocycles. The number of hydrogen-bond acceptors (Lipinski definition) is 6. The number of hydrogen-bond donors (Lipinski definition) is 3. The van der Waals surface area contributed by atoms with Gasteiger partial charge in [-0.3, -0.25) is 15.3 Å². The zero-order chi connectivity index (χ0) is 52.3. The van der Waals surface area contributed by atoms with Crippen molar-refractivity contribution in [1.82, 2.24) is 5.48 Å². The number of ether oxygens (including phenoxy) is 2. The third-order valence-electron chi connectivity index (χ3n) is 11.1. The summed E-state index contributed by atoms with van der Waals surface area (Å²) < 4.78 is 280. The van der Waals surface area contributed by atoms with Gasteiger partial charge in [0.15, 0.2) is 8.32 Å². The van der Waals surface area contributed by atoms with Gasteiger partial charge in [-0.15, -0.1) is 0 Å². The van der Waals surface area contributed by atoms with Crippen molar-refractivity contribution in [3.8, 4) is 5.75 Å². The number of alkyl halides is 17. The molecule has 0 aliphatic rings. The predicted octanol–water partition coefficient (Wildman–Crippen LogP) is 13.3. The van der Waals surface area contributed by atoms with Gasteiger partial charge in [-0.05, 0) is 60.8 Å². The van der Waals surface area contributed by atoms with E-state index in [0.717, 1.165) is 12.1 Å². The van der Waals surface area contributed by atoms with Crippen LogP contribution in [0, 0.1) is 17.6 Å². The molecule has 0 aromatic heterocycles. The van der Waals surface area contributed by atoms with E-state index < -0.39 is 134 Å². The molecule has 28 heteroatoms. The molecule has 8 nitrogen and oxygen atoms in total. The maximum Gasteiger partial charge on any atom is 0.460 e. The van der Waals surface area contributed by atoms with Crippen LogP contribution in [0.15, 0.2) is 53.6 Å². The highest BCUT2D eigenvalue weighted by molar-refractivity contribution is 6.76. The molecule has 0 radical (unpaired) electrons. The number of rotatable bonds is 22. The minimum absolute atomic E-state index is 0.00195. The van der Waals surface area contributed by atoms with Crippen LogP contribution in [-0.2, 0) is 14.0 Å². The van der Waals surface area contributed by atoms with Crippen LogP contribution in [0.2, 0.25) is 17.1 Å². The van der Waals surface area contributed by atoms with Crippen LogP contribution in [0.5, 0.6) is 5.75 Å². The number of benzene rings is 2. The second-order valence-corrected chi connectivity index (χ2v) is 20.8. The van der Waals surface area contributed by atoms with Crippen LogP contribution in [0.1, 0.15) is 66.6 Å². The normalized spacial score (nSPS) is 15.3. The Morgan fingerprint density at radius 3 is 1.60 bits per heavy atom. The molecule has 2 aromatic carbocycles. The van der Waals surface area contributed by atoms with E-state index in [1.54, 1.807) is 0 Å². The molecular weight excluding hydrogens is 981 g/mol. The van der Waals surface area contributed by atoms with Crippen LogP contribution in [0.4, 0.5) is 93.9 Å². The minimum Gasteiger partial charge on any atom is -0.491 e. The van der Waals surface area contributed by atoms with Gasteiger partial charge in [0.1, 0.15) is 30.1 Å². The van der Waals surface area contributed by atoms with Gasteiger partial charge in [0, 0.05) is 24.0 Å². The van der Waals surface area contributed by atoms with E-state index >= 15 is 8.78 Å². The lowest BCUT2D eigenvalue weighted by molar-refractivity contribution is -0.461. The standard InChI is InChI=1S/C39H43F19N2O6Si/c1-19(2)67(20(3)4,17-14-32(42,43)33(44,45)34(46,47)35(48,49)36(50,51)37(52,53)38(54,55)39(56,57)58)65-16-15-64-26-11-8-24(9-12-26)29(22(6)21(5)23(7)30(61)60-63)66-31(62)59-28-13-10-25(40)18-27(28)41/h8-13,18-20,22,29,63H,14-17H2,1-7H3,(H,59,62)(H,60,61)/b23-21+/t22-,29+/m1/s1. The molecule has 0 aliphatic heterocycles. The summed E-state index contributed by atoms with van der Waals surface area (Å²) in [5.74, 6) is -60.9.